The third kappa shape index (κ3) is 3.62. The molecule has 0 aromatic carbocycles. The summed E-state index contributed by atoms with van der Waals surface area (Å²) in [6.07, 6.45) is 4.44. The number of nitrogens with zero attached hydrogens (tertiary/aromatic N) is 3. The molecular formula is C20H25BrN4O3. The quantitative estimate of drug-likeness (QED) is 0.781. The molecule has 2 saturated heterocycles. The lowest BCUT2D eigenvalue weighted by Crippen LogP contribution is -2.61. The maximum Gasteiger partial charge on any atom is 0.410 e. The van der Waals surface area contributed by atoms with Crippen LogP contribution in [0.25, 0.3) is 5.52 Å². The van der Waals surface area contributed by atoms with Crippen LogP contribution in [-0.4, -0.2) is 45.0 Å². The van der Waals surface area contributed by atoms with E-state index >= 15 is 0 Å². The third-order valence-electron chi connectivity index (χ3n) is 5.50. The lowest BCUT2D eigenvalue weighted by Gasteiger charge is -2.52. The first-order chi connectivity index (χ1) is 13.2. The van der Waals surface area contributed by atoms with E-state index in [4.69, 9.17) is 4.74 Å². The fourth-order valence-electron chi connectivity index (χ4n) is 4.25. The van der Waals surface area contributed by atoms with Crippen LogP contribution in [0.4, 0.5) is 4.79 Å². The monoisotopic (exact) mass is 448 g/mol. The molecule has 2 aliphatic heterocycles. The van der Waals surface area contributed by atoms with Gasteiger partial charge in [0.25, 0.3) is 0 Å². The maximum absolute atomic E-state index is 12.8. The number of rotatable bonds is 3. The molecule has 7 nitrogen and oxygen atoms in total. The van der Waals surface area contributed by atoms with E-state index in [0.717, 1.165) is 22.2 Å². The molecule has 2 bridgehead atoms. The summed E-state index contributed by atoms with van der Waals surface area (Å²) in [5, 5.41) is 3.04. The number of nitrogens with one attached hydrogen (secondary N) is 1. The van der Waals surface area contributed by atoms with E-state index < -0.39 is 5.60 Å². The minimum atomic E-state index is -0.503. The number of hydrogen-bond donors (Lipinski definition) is 1. The maximum atomic E-state index is 12.8. The number of piperidine rings is 2. The molecule has 0 spiro atoms. The van der Waals surface area contributed by atoms with Crippen molar-refractivity contribution in [2.75, 3.05) is 13.1 Å². The molecule has 3 atom stereocenters. The van der Waals surface area contributed by atoms with Gasteiger partial charge in [0.15, 0.2) is 0 Å². The molecule has 4 heterocycles. The number of ether oxygens (including phenoxy) is 1. The molecule has 8 heteroatoms. The van der Waals surface area contributed by atoms with Gasteiger partial charge in [-0.1, -0.05) is 0 Å². The first-order valence-electron chi connectivity index (χ1n) is 9.59. The Balaban J connectivity index is 1.34. The van der Waals surface area contributed by atoms with Gasteiger partial charge >= 0.3 is 6.09 Å². The highest BCUT2D eigenvalue weighted by molar-refractivity contribution is 9.10. The van der Waals surface area contributed by atoms with Gasteiger partial charge in [0.1, 0.15) is 11.4 Å². The smallest absolute Gasteiger partial charge is 0.410 e. The summed E-state index contributed by atoms with van der Waals surface area (Å²) in [6.45, 7) is 7.15. The average Bonchev–Trinajstić information content (AvgIpc) is 3.03. The van der Waals surface area contributed by atoms with Crippen LogP contribution in [0.15, 0.2) is 29.0 Å². The topological polar surface area (TPSA) is 75.9 Å². The van der Waals surface area contributed by atoms with Crippen LogP contribution >= 0.6 is 15.9 Å². The third-order valence-corrected chi connectivity index (χ3v) is 6.17. The molecule has 1 saturated carbocycles. The number of aromatic nitrogens is 2. The van der Waals surface area contributed by atoms with Gasteiger partial charge in [0, 0.05) is 29.7 Å². The highest BCUT2D eigenvalue weighted by Gasteiger charge is 2.51. The van der Waals surface area contributed by atoms with Crippen molar-refractivity contribution in [3.63, 3.8) is 0 Å². The molecule has 3 aliphatic rings. The van der Waals surface area contributed by atoms with Crippen LogP contribution in [0, 0.1) is 17.8 Å². The summed E-state index contributed by atoms with van der Waals surface area (Å²) in [6, 6.07) is 3.90. The standard InChI is InChI=1S/C20H25BrN4O3/c1-20(2,3)28-19(27)24-10-12-7-13(11-24)17(12)18(26)23-9-16-22-8-15-14(21)5-4-6-25(15)16/h4-6,8,12-13,17H,7,9-11H2,1-3H3,(H,23,26)/t12-,13+,17?. The summed E-state index contributed by atoms with van der Waals surface area (Å²) < 4.78 is 8.40. The zero-order valence-electron chi connectivity index (χ0n) is 16.3. The lowest BCUT2D eigenvalue weighted by atomic mass is 9.61. The van der Waals surface area contributed by atoms with Gasteiger partial charge in [-0.2, -0.15) is 0 Å². The van der Waals surface area contributed by atoms with Gasteiger partial charge in [-0.05, 0) is 67.1 Å². The van der Waals surface area contributed by atoms with Crippen LogP contribution in [0.1, 0.15) is 33.0 Å². The molecule has 0 radical (unpaired) electrons. The molecule has 2 aromatic rings. The van der Waals surface area contributed by atoms with Crippen molar-refractivity contribution in [3.8, 4) is 0 Å². The van der Waals surface area contributed by atoms with Crippen LogP contribution in [0.3, 0.4) is 0 Å². The molecule has 2 amide bonds. The minimum Gasteiger partial charge on any atom is -0.444 e. The van der Waals surface area contributed by atoms with Crippen molar-refractivity contribution in [1.82, 2.24) is 19.6 Å². The predicted molar refractivity (Wildman–Crippen MR) is 108 cm³/mol. The Morgan fingerprint density at radius 1 is 1.32 bits per heavy atom. The Bertz CT molecular complexity index is 908. The Labute approximate surface area is 172 Å². The van der Waals surface area contributed by atoms with E-state index in [0.29, 0.717) is 19.6 Å². The Morgan fingerprint density at radius 3 is 2.71 bits per heavy atom. The Hall–Kier alpha value is -2.09. The van der Waals surface area contributed by atoms with Crippen molar-refractivity contribution in [2.45, 2.75) is 39.3 Å². The van der Waals surface area contributed by atoms with Crippen LogP contribution < -0.4 is 5.32 Å². The van der Waals surface area contributed by atoms with Crippen LogP contribution in [0.5, 0.6) is 0 Å². The Kier molecular flexibility index (Phi) is 4.85. The van der Waals surface area contributed by atoms with Gasteiger partial charge in [0.05, 0.1) is 18.3 Å². The fraction of sp³-hybridized carbons (Fsp3) is 0.550. The first kappa shape index (κ1) is 19.2. The van der Waals surface area contributed by atoms with Gasteiger partial charge in [0.2, 0.25) is 5.91 Å². The summed E-state index contributed by atoms with van der Waals surface area (Å²) in [7, 11) is 0. The number of hydrogen-bond acceptors (Lipinski definition) is 4. The summed E-state index contributed by atoms with van der Waals surface area (Å²) in [4.78, 5) is 31.2. The van der Waals surface area contributed by atoms with Crippen LogP contribution in [0.2, 0.25) is 0 Å². The second kappa shape index (κ2) is 7.06. The average molecular weight is 449 g/mol. The minimum absolute atomic E-state index is 0.0309. The van der Waals surface area contributed by atoms with Gasteiger partial charge < -0.3 is 19.4 Å². The molecule has 1 aliphatic carbocycles. The van der Waals surface area contributed by atoms with E-state index in [1.54, 1.807) is 11.1 Å². The zero-order chi connectivity index (χ0) is 20.1. The highest BCUT2D eigenvalue weighted by Crippen LogP contribution is 2.45. The van der Waals surface area contributed by atoms with Crippen LogP contribution in [-0.2, 0) is 16.1 Å². The number of amides is 2. The molecule has 150 valence electrons. The summed E-state index contributed by atoms with van der Waals surface area (Å²) in [5.41, 5.74) is 0.470. The van der Waals surface area contributed by atoms with Crippen molar-refractivity contribution >= 4 is 33.4 Å². The zero-order valence-corrected chi connectivity index (χ0v) is 17.9. The van der Waals surface area contributed by atoms with E-state index in [1.165, 1.54) is 0 Å². The number of carbonyl (C=O) groups is 2. The van der Waals surface area contributed by atoms with Gasteiger partial charge in [-0.25, -0.2) is 9.78 Å². The Morgan fingerprint density at radius 2 is 2.04 bits per heavy atom. The van der Waals surface area contributed by atoms with E-state index in [9.17, 15) is 9.59 Å². The van der Waals surface area contributed by atoms with Gasteiger partial charge in [-0.15, -0.1) is 0 Å². The normalized spacial score (nSPS) is 24.0. The number of carbonyl (C=O) groups excluding carboxylic acids is 2. The summed E-state index contributed by atoms with van der Waals surface area (Å²) >= 11 is 3.51. The lowest BCUT2D eigenvalue weighted by molar-refractivity contribution is -0.141. The number of pyridine rings is 1. The first-order valence-corrected chi connectivity index (χ1v) is 10.4. The van der Waals surface area contributed by atoms with Crippen molar-refractivity contribution < 1.29 is 14.3 Å². The van der Waals surface area contributed by atoms with Crippen molar-refractivity contribution in [2.24, 2.45) is 17.8 Å². The molecule has 1 N–H and O–H groups in total. The predicted octanol–water partition coefficient (Wildman–Crippen LogP) is 3.22. The van der Waals surface area contributed by atoms with E-state index in [2.05, 4.69) is 26.2 Å². The van der Waals surface area contributed by atoms with Crippen molar-refractivity contribution in [1.29, 1.82) is 0 Å². The SMILES string of the molecule is CC(C)(C)OC(=O)N1C[C@H]2C[C@@H](C1)C2C(=O)NCc1ncc2c(Br)cccn12. The molecule has 5 rings (SSSR count). The molecule has 1 unspecified atom stereocenters. The fourth-order valence-corrected chi connectivity index (χ4v) is 4.69. The van der Waals surface area contributed by atoms with E-state index in [1.807, 2.05) is 43.5 Å². The number of imidazole rings is 1. The largest absolute Gasteiger partial charge is 0.444 e. The number of halogens is 1. The molecular weight excluding hydrogens is 424 g/mol. The second-order valence-corrected chi connectivity index (χ2v) is 9.52. The summed E-state index contributed by atoms with van der Waals surface area (Å²) in [5.74, 6) is 1.23. The number of fused-ring (bicyclic) bond motifs is 3. The second-order valence-electron chi connectivity index (χ2n) is 8.67. The molecule has 3 fully saturated rings. The van der Waals surface area contributed by atoms with Gasteiger partial charge in [-0.3, -0.25) is 4.79 Å². The highest BCUT2D eigenvalue weighted by atomic mass is 79.9. The van der Waals surface area contributed by atoms with E-state index in [-0.39, 0.29) is 29.8 Å². The molecule has 28 heavy (non-hydrogen) atoms. The van der Waals surface area contributed by atoms with Crippen molar-refractivity contribution in [3.05, 3.63) is 34.8 Å². The molecule has 2 aromatic heterocycles.